The van der Waals surface area contributed by atoms with Crippen molar-refractivity contribution in [3.8, 4) is 0 Å². The van der Waals surface area contributed by atoms with E-state index in [1.54, 1.807) is 6.07 Å². The maximum atomic E-state index is 13.9. The van der Waals surface area contributed by atoms with Crippen LogP contribution in [0.1, 0.15) is 25.7 Å². The number of hydrogen-bond donors (Lipinski definition) is 1. The first-order chi connectivity index (χ1) is 10.5. The fraction of sp³-hybridized carbons (Fsp3) is 0.600. The molecular weight excluding hydrogens is 371 g/mol. The summed E-state index contributed by atoms with van der Waals surface area (Å²) >= 11 is 3.14. The van der Waals surface area contributed by atoms with Crippen LogP contribution in [0, 0.1) is 11.7 Å². The van der Waals surface area contributed by atoms with Crippen molar-refractivity contribution in [1.82, 2.24) is 9.62 Å². The molecule has 0 spiro atoms. The van der Waals surface area contributed by atoms with Gasteiger partial charge < -0.3 is 5.32 Å². The summed E-state index contributed by atoms with van der Waals surface area (Å²) in [5.74, 6) is 0.113. The SMILES string of the molecule is O=S(=O)(c1ccc(Br)cc1F)N1CCC(NCC2CC2)CC1. The van der Waals surface area contributed by atoms with Crippen molar-refractivity contribution in [2.75, 3.05) is 19.6 Å². The second kappa shape index (κ2) is 6.55. The summed E-state index contributed by atoms with van der Waals surface area (Å²) in [4.78, 5) is -0.236. The second-order valence-electron chi connectivity index (χ2n) is 6.10. The second-order valence-corrected chi connectivity index (χ2v) is 8.93. The van der Waals surface area contributed by atoms with Gasteiger partial charge in [-0.3, -0.25) is 0 Å². The Kier molecular flexibility index (Phi) is 4.87. The minimum absolute atomic E-state index is 0.236. The maximum Gasteiger partial charge on any atom is 0.245 e. The van der Waals surface area contributed by atoms with E-state index in [-0.39, 0.29) is 4.90 Å². The van der Waals surface area contributed by atoms with E-state index in [4.69, 9.17) is 0 Å². The van der Waals surface area contributed by atoms with Crippen molar-refractivity contribution in [1.29, 1.82) is 0 Å². The molecule has 0 bridgehead atoms. The van der Waals surface area contributed by atoms with E-state index >= 15 is 0 Å². The first kappa shape index (κ1) is 16.4. The summed E-state index contributed by atoms with van der Waals surface area (Å²) in [6.45, 7) is 1.93. The number of hydrogen-bond acceptors (Lipinski definition) is 3. The van der Waals surface area contributed by atoms with E-state index < -0.39 is 15.8 Å². The van der Waals surface area contributed by atoms with Gasteiger partial charge in [0, 0.05) is 23.6 Å². The normalized spacial score (nSPS) is 21.2. The van der Waals surface area contributed by atoms with Crippen molar-refractivity contribution in [3.05, 3.63) is 28.5 Å². The zero-order chi connectivity index (χ0) is 15.7. The molecule has 0 unspecified atom stereocenters. The molecule has 1 aromatic rings. The molecule has 1 heterocycles. The summed E-state index contributed by atoms with van der Waals surface area (Å²) in [7, 11) is -3.74. The molecule has 1 aliphatic heterocycles. The number of nitrogens with one attached hydrogen (secondary N) is 1. The van der Waals surface area contributed by atoms with E-state index in [0.29, 0.717) is 23.6 Å². The van der Waals surface area contributed by atoms with Crippen LogP contribution >= 0.6 is 15.9 Å². The Morgan fingerprint density at radius 2 is 1.91 bits per heavy atom. The van der Waals surface area contributed by atoms with Gasteiger partial charge in [-0.15, -0.1) is 0 Å². The van der Waals surface area contributed by atoms with Crippen LogP contribution in [0.5, 0.6) is 0 Å². The highest BCUT2D eigenvalue weighted by Gasteiger charge is 2.32. The number of piperidine rings is 1. The largest absolute Gasteiger partial charge is 0.314 e. The van der Waals surface area contributed by atoms with Crippen molar-refractivity contribution < 1.29 is 12.8 Å². The topological polar surface area (TPSA) is 49.4 Å². The molecule has 1 aliphatic carbocycles. The third-order valence-electron chi connectivity index (χ3n) is 4.36. The molecule has 4 nitrogen and oxygen atoms in total. The number of halogens is 2. The number of nitrogens with zero attached hydrogens (tertiary/aromatic N) is 1. The zero-order valence-electron chi connectivity index (χ0n) is 12.3. The van der Waals surface area contributed by atoms with Crippen LogP contribution in [0.25, 0.3) is 0 Å². The van der Waals surface area contributed by atoms with Crippen LogP contribution in [-0.2, 0) is 10.0 Å². The van der Waals surface area contributed by atoms with Gasteiger partial charge >= 0.3 is 0 Å². The first-order valence-corrected chi connectivity index (χ1v) is 9.89. The highest BCUT2D eigenvalue weighted by atomic mass is 79.9. The molecule has 0 atom stereocenters. The van der Waals surface area contributed by atoms with Crippen molar-refractivity contribution >= 4 is 26.0 Å². The molecule has 0 radical (unpaired) electrons. The monoisotopic (exact) mass is 390 g/mol. The van der Waals surface area contributed by atoms with Crippen molar-refractivity contribution in [3.63, 3.8) is 0 Å². The molecule has 3 rings (SSSR count). The fourth-order valence-corrected chi connectivity index (χ4v) is 4.63. The smallest absolute Gasteiger partial charge is 0.245 e. The highest BCUT2D eigenvalue weighted by molar-refractivity contribution is 9.10. The van der Waals surface area contributed by atoms with Crippen LogP contribution < -0.4 is 5.32 Å². The molecule has 2 fully saturated rings. The number of benzene rings is 1. The molecule has 122 valence electrons. The molecule has 0 amide bonds. The molecule has 0 aromatic heterocycles. The molecular formula is C15H20BrFN2O2S. The Labute approximate surface area is 139 Å². The molecule has 1 aromatic carbocycles. The molecule has 22 heavy (non-hydrogen) atoms. The average molecular weight is 391 g/mol. The predicted octanol–water partition coefficient (Wildman–Crippen LogP) is 2.74. The van der Waals surface area contributed by atoms with E-state index in [1.807, 2.05) is 0 Å². The lowest BCUT2D eigenvalue weighted by molar-refractivity contribution is 0.287. The summed E-state index contributed by atoms with van der Waals surface area (Å²) in [5, 5.41) is 3.51. The number of sulfonamides is 1. The van der Waals surface area contributed by atoms with Crippen LogP contribution in [0.4, 0.5) is 4.39 Å². The van der Waals surface area contributed by atoms with Gasteiger partial charge in [0.2, 0.25) is 10.0 Å². The Morgan fingerprint density at radius 3 is 2.50 bits per heavy atom. The lowest BCUT2D eigenvalue weighted by atomic mass is 10.1. The molecule has 1 N–H and O–H groups in total. The minimum Gasteiger partial charge on any atom is -0.314 e. The van der Waals surface area contributed by atoms with Gasteiger partial charge in [0.05, 0.1) is 0 Å². The van der Waals surface area contributed by atoms with Gasteiger partial charge in [-0.1, -0.05) is 15.9 Å². The first-order valence-electron chi connectivity index (χ1n) is 7.65. The minimum atomic E-state index is -3.74. The van der Waals surface area contributed by atoms with Gasteiger partial charge in [0.25, 0.3) is 0 Å². The van der Waals surface area contributed by atoms with Gasteiger partial charge in [-0.05, 0) is 56.3 Å². The van der Waals surface area contributed by atoms with E-state index in [0.717, 1.165) is 25.3 Å². The van der Waals surface area contributed by atoms with E-state index in [1.165, 1.54) is 29.3 Å². The van der Waals surface area contributed by atoms with Gasteiger partial charge in [0.1, 0.15) is 10.7 Å². The molecule has 1 saturated carbocycles. The average Bonchev–Trinajstić information content (AvgIpc) is 3.29. The molecule has 2 aliphatic rings. The summed E-state index contributed by atoms with van der Waals surface area (Å²) in [6, 6.07) is 4.45. The van der Waals surface area contributed by atoms with Gasteiger partial charge in [0.15, 0.2) is 0 Å². The summed E-state index contributed by atoms with van der Waals surface area (Å²) in [6.07, 6.45) is 4.18. The van der Waals surface area contributed by atoms with E-state index in [9.17, 15) is 12.8 Å². The van der Waals surface area contributed by atoms with Crippen molar-refractivity contribution in [2.45, 2.75) is 36.6 Å². The summed E-state index contributed by atoms with van der Waals surface area (Å²) < 4.78 is 41.0. The third kappa shape index (κ3) is 3.69. The predicted molar refractivity (Wildman–Crippen MR) is 86.6 cm³/mol. The van der Waals surface area contributed by atoms with Gasteiger partial charge in [-0.25, -0.2) is 12.8 Å². The van der Waals surface area contributed by atoms with E-state index in [2.05, 4.69) is 21.2 Å². The van der Waals surface area contributed by atoms with Crippen LogP contribution in [0.15, 0.2) is 27.6 Å². The standard InChI is InChI=1S/C15H20BrFN2O2S/c16-12-3-4-15(14(17)9-12)22(20,21)19-7-5-13(6-8-19)18-10-11-1-2-11/h3-4,9,11,13,18H,1-2,5-8,10H2. The number of rotatable bonds is 5. The Balaban J connectivity index is 1.63. The lowest BCUT2D eigenvalue weighted by Gasteiger charge is -2.31. The zero-order valence-corrected chi connectivity index (χ0v) is 14.7. The molecule has 7 heteroatoms. The van der Waals surface area contributed by atoms with Gasteiger partial charge in [-0.2, -0.15) is 4.31 Å². The molecule has 1 saturated heterocycles. The highest BCUT2D eigenvalue weighted by Crippen LogP contribution is 2.29. The Morgan fingerprint density at radius 1 is 1.23 bits per heavy atom. The van der Waals surface area contributed by atoms with Crippen LogP contribution in [0.3, 0.4) is 0 Å². The third-order valence-corrected chi connectivity index (χ3v) is 6.78. The summed E-state index contributed by atoms with van der Waals surface area (Å²) in [5.41, 5.74) is 0. The van der Waals surface area contributed by atoms with Crippen LogP contribution in [0.2, 0.25) is 0 Å². The lowest BCUT2D eigenvalue weighted by Crippen LogP contribution is -2.45. The maximum absolute atomic E-state index is 13.9. The fourth-order valence-electron chi connectivity index (χ4n) is 2.78. The van der Waals surface area contributed by atoms with Crippen LogP contribution in [-0.4, -0.2) is 38.4 Å². The Bertz CT molecular complexity index is 641. The Hall–Kier alpha value is -0.500. The van der Waals surface area contributed by atoms with Crippen molar-refractivity contribution in [2.24, 2.45) is 5.92 Å². The quantitative estimate of drug-likeness (QED) is 0.840.